The molecule has 1 aromatic rings. The molecule has 100 valence electrons. The lowest BCUT2D eigenvalue weighted by Crippen LogP contribution is -2.02. The largest absolute Gasteiger partial charge is 0.0776 e. The molecule has 0 amide bonds. The Morgan fingerprint density at radius 3 is 2.12 bits per heavy atom. The SMILES string of the molecule is C.C.CCCCC(C)CC(C)c1ccccc1. The van der Waals surface area contributed by atoms with Gasteiger partial charge in [-0.3, -0.25) is 0 Å². The van der Waals surface area contributed by atoms with Gasteiger partial charge in [0.25, 0.3) is 0 Å². The summed E-state index contributed by atoms with van der Waals surface area (Å²) in [5.74, 6) is 1.57. The summed E-state index contributed by atoms with van der Waals surface area (Å²) in [6, 6.07) is 10.9. The molecule has 2 atom stereocenters. The van der Waals surface area contributed by atoms with Crippen molar-refractivity contribution in [3.8, 4) is 0 Å². The molecule has 2 unspecified atom stereocenters. The summed E-state index contributed by atoms with van der Waals surface area (Å²) in [7, 11) is 0. The van der Waals surface area contributed by atoms with Crippen LogP contribution >= 0.6 is 0 Å². The van der Waals surface area contributed by atoms with E-state index in [1.54, 1.807) is 0 Å². The summed E-state index contributed by atoms with van der Waals surface area (Å²) in [6.07, 6.45) is 5.41. The first-order valence-corrected chi connectivity index (χ1v) is 6.29. The van der Waals surface area contributed by atoms with Crippen LogP contribution in [0.5, 0.6) is 0 Å². The van der Waals surface area contributed by atoms with Crippen LogP contribution in [0.3, 0.4) is 0 Å². The maximum Gasteiger partial charge on any atom is -0.0188 e. The van der Waals surface area contributed by atoms with E-state index in [1.807, 2.05) is 0 Å². The minimum atomic E-state index is 0. The van der Waals surface area contributed by atoms with Gasteiger partial charge in [0.15, 0.2) is 0 Å². The van der Waals surface area contributed by atoms with Gasteiger partial charge in [0.1, 0.15) is 0 Å². The Labute approximate surface area is 109 Å². The van der Waals surface area contributed by atoms with E-state index in [0.717, 1.165) is 5.92 Å². The quantitative estimate of drug-likeness (QED) is 0.545. The second-order valence-electron chi connectivity index (χ2n) is 4.79. The molecule has 17 heavy (non-hydrogen) atoms. The maximum atomic E-state index is 2.38. The fraction of sp³-hybridized carbons (Fsp3) is 0.647. The van der Waals surface area contributed by atoms with Crippen LogP contribution in [0.25, 0.3) is 0 Å². The Bertz CT molecular complexity index is 250. The van der Waals surface area contributed by atoms with Crippen molar-refractivity contribution in [3.05, 3.63) is 35.9 Å². The Hall–Kier alpha value is -0.780. The lowest BCUT2D eigenvalue weighted by Gasteiger charge is -2.17. The predicted molar refractivity (Wildman–Crippen MR) is 81.6 cm³/mol. The number of rotatable bonds is 6. The highest BCUT2D eigenvalue weighted by molar-refractivity contribution is 5.18. The van der Waals surface area contributed by atoms with Crippen LogP contribution in [0.15, 0.2) is 30.3 Å². The summed E-state index contributed by atoms with van der Waals surface area (Å²) < 4.78 is 0. The Morgan fingerprint density at radius 2 is 1.59 bits per heavy atom. The molecule has 0 aliphatic heterocycles. The number of hydrogen-bond donors (Lipinski definition) is 0. The van der Waals surface area contributed by atoms with Gasteiger partial charge in [0.2, 0.25) is 0 Å². The van der Waals surface area contributed by atoms with Crippen LogP contribution in [0.4, 0.5) is 0 Å². The first kappa shape index (κ1) is 18.6. The van der Waals surface area contributed by atoms with Gasteiger partial charge in [-0.25, -0.2) is 0 Å². The Balaban J connectivity index is 0. The highest BCUT2D eigenvalue weighted by atomic mass is 14.1. The molecular weight excluding hydrogens is 204 g/mol. The fourth-order valence-corrected chi connectivity index (χ4v) is 2.19. The normalized spacial score (nSPS) is 13.1. The molecule has 0 saturated heterocycles. The Morgan fingerprint density at radius 1 is 1.00 bits per heavy atom. The molecule has 0 aromatic heterocycles. The first-order valence-electron chi connectivity index (χ1n) is 6.29. The van der Waals surface area contributed by atoms with Crippen molar-refractivity contribution in [3.63, 3.8) is 0 Å². The van der Waals surface area contributed by atoms with Crippen LogP contribution in [-0.2, 0) is 0 Å². The van der Waals surface area contributed by atoms with Gasteiger partial charge >= 0.3 is 0 Å². The fourth-order valence-electron chi connectivity index (χ4n) is 2.19. The van der Waals surface area contributed by atoms with Gasteiger partial charge in [0.05, 0.1) is 0 Å². The third kappa shape index (κ3) is 7.20. The lowest BCUT2D eigenvalue weighted by atomic mass is 9.89. The second-order valence-corrected chi connectivity index (χ2v) is 4.79. The Kier molecular flexibility index (Phi) is 11.3. The van der Waals surface area contributed by atoms with Crippen molar-refractivity contribution in [1.29, 1.82) is 0 Å². The molecule has 0 bridgehead atoms. The van der Waals surface area contributed by atoms with Gasteiger partial charge < -0.3 is 0 Å². The minimum Gasteiger partial charge on any atom is -0.0776 e. The van der Waals surface area contributed by atoms with Gasteiger partial charge in [0, 0.05) is 0 Å². The highest BCUT2D eigenvalue weighted by Crippen LogP contribution is 2.25. The predicted octanol–water partition coefficient (Wildman–Crippen LogP) is 6.28. The van der Waals surface area contributed by atoms with E-state index < -0.39 is 0 Å². The topological polar surface area (TPSA) is 0 Å². The molecule has 0 aliphatic carbocycles. The summed E-state index contributed by atoms with van der Waals surface area (Å²) in [6.45, 7) is 7.00. The molecule has 0 aliphatic rings. The van der Waals surface area contributed by atoms with Crippen LogP contribution in [0, 0.1) is 5.92 Å². The van der Waals surface area contributed by atoms with Crippen LogP contribution in [0.2, 0.25) is 0 Å². The van der Waals surface area contributed by atoms with E-state index in [9.17, 15) is 0 Å². The van der Waals surface area contributed by atoms with E-state index in [4.69, 9.17) is 0 Å². The molecule has 0 nitrogen and oxygen atoms in total. The summed E-state index contributed by atoms with van der Waals surface area (Å²) in [4.78, 5) is 0. The van der Waals surface area contributed by atoms with Crippen molar-refractivity contribution in [2.45, 2.75) is 67.2 Å². The third-order valence-corrected chi connectivity index (χ3v) is 3.18. The smallest absolute Gasteiger partial charge is 0.0188 e. The molecule has 1 aromatic carbocycles. The molecule has 0 radical (unpaired) electrons. The molecule has 0 saturated carbocycles. The standard InChI is InChI=1S/C15H24.2CH4/c1-4-5-9-13(2)12-14(3)15-10-7-6-8-11-15;;/h6-8,10-11,13-14H,4-5,9,12H2,1-3H3;2*1H4. The minimum absolute atomic E-state index is 0. The van der Waals surface area contributed by atoms with Crippen molar-refractivity contribution in [2.24, 2.45) is 5.92 Å². The molecule has 0 heteroatoms. The van der Waals surface area contributed by atoms with E-state index >= 15 is 0 Å². The zero-order chi connectivity index (χ0) is 11.1. The molecular formula is C17H32. The average Bonchev–Trinajstić information content (AvgIpc) is 2.27. The zero-order valence-corrected chi connectivity index (χ0v) is 10.4. The zero-order valence-electron chi connectivity index (χ0n) is 10.4. The number of unbranched alkanes of at least 4 members (excludes halogenated alkanes) is 1. The number of hydrogen-bond acceptors (Lipinski definition) is 0. The third-order valence-electron chi connectivity index (χ3n) is 3.18. The average molecular weight is 236 g/mol. The van der Waals surface area contributed by atoms with Crippen molar-refractivity contribution < 1.29 is 0 Å². The van der Waals surface area contributed by atoms with Crippen LogP contribution in [-0.4, -0.2) is 0 Å². The van der Waals surface area contributed by atoms with Crippen molar-refractivity contribution >= 4 is 0 Å². The van der Waals surface area contributed by atoms with Gasteiger partial charge in [-0.05, 0) is 23.8 Å². The van der Waals surface area contributed by atoms with E-state index in [2.05, 4.69) is 51.1 Å². The first-order chi connectivity index (χ1) is 7.24. The van der Waals surface area contributed by atoms with E-state index in [-0.39, 0.29) is 14.9 Å². The second kappa shape index (κ2) is 10.4. The lowest BCUT2D eigenvalue weighted by molar-refractivity contribution is 0.438. The van der Waals surface area contributed by atoms with Crippen molar-refractivity contribution in [1.82, 2.24) is 0 Å². The number of benzene rings is 1. The summed E-state index contributed by atoms with van der Waals surface area (Å²) in [5.41, 5.74) is 1.49. The van der Waals surface area contributed by atoms with Gasteiger partial charge in [-0.1, -0.05) is 85.2 Å². The van der Waals surface area contributed by atoms with Crippen LogP contribution < -0.4 is 0 Å². The van der Waals surface area contributed by atoms with E-state index in [0.29, 0.717) is 5.92 Å². The molecule has 0 spiro atoms. The molecule has 0 fully saturated rings. The highest BCUT2D eigenvalue weighted by Gasteiger charge is 2.09. The van der Waals surface area contributed by atoms with E-state index in [1.165, 1.54) is 31.2 Å². The molecule has 1 rings (SSSR count). The summed E-state index contributed by atoms with van der Waals surface area (Å²) in [5, 5.41) is 0. The molecule has 0 heterocycles. The van der Waals surface area contributed by atoms with Crippen molar-refractivity contribution in [2.75, 3.05) is 0 Å². The van der Waals surface area contributed by atoms with Gasteiger partial charge in [-0.15, -0.1) is 0 Å². The maximum absolute atomic E-state index is 2.38. The summed E-state index contributed by atoms with van der Waals surface area (Å²) >= 11 is 0. The van der Waals surface area contributed by atoms with Gasteiger partial charge in [-0.2, -0.15) is 0 Å². The van der Waals surface area contributed by atoms with Crippen LogP contribution in [0.1, 0.15) is 72.8 Å². The molecule has 0 N–H and O–H groups in total. The monoisotopic (exact) mass is 236 g/mol.